The molecule has 0 saturated heterocycles. The number of fused-ring (bicyclic) bond motifs is 1. The highest BCUT2D eigenvalue weighted by Crippen LogP contribution is 2.42. The van der Waals surface area contributed by atoms with Crippen molar-refractivity contribution in [3.05, 3.63) is 48.5 Å². The van der Waals surface area contributed by atoms with Crippen LogP contribution in [0.1, 0.15) is 0 Å². The molecule has 4 N–H and O–H groups in total. The molecule has 0 aromatic heterocycles. The van der Waals surface area contributed by atoms with Crippen LogP contribution in [0.5, 0.6) is 5.75 Å². The van der Waals surface area contributed by atoms with Crippen LogP contribution in [0.2, 0.25) is 0 Å². The van der Waals surface area contributed by atoms with Crippen LogP contribution in [-0.2, 0) is 40.2 Å². The average molecular weight is 581 g/mol. The number of aromatic hydroxyl groups is 1. The van der Waals surface area contributed by atoms with Gasteiger partial charge in [-0.05, 0) is 47.9 Å². The zero-order valence-corrected chi connectivity index (χ0v) is 20.9. The molecule has 0 bridgehead atoms. The maximum absolute atomic E-state index is 12.2. The van der Waals surface area contributed by atoms with Crippen molar-refractivity contribution in [3.63, 3.8) is 0 Å². The second-order valence-electron chi connectivity index (χ2n) is 7.20. The van der Waals surface area contributed by atoms with Crippen molar-refractivity contribution in [3.8, 4) is 5.75 Å². The first-order valence-electron chi connectivity index (χ1n) is 9.33. The van der Waals surface area contributed by atoms with Crippen molar-refractivity contribution in [1.29, 1.82) is 0 Å². The molecule has 0 aliphatic heterocycles. The van der Waals surface area contributed by atoms with Crippen molar-refractivity contribution in [2.75, 3.05) is 11.5 Å². The lowest BCUT2D eigenvalue weighted by Crippen LogP contribution is -2.16. The highest BCUT2D eigenvalue weighted by Gasteiger charge is 2.23. The third kappa shape index (κ3) is 6.40. The van der Waals surface area contributed by atoms with Gasteiger partial charge in [-0.15, -0.1) is 5.11 Å². The zero-order chi connectivity index (χ0) is 27.1. The Hall–Kier alpha value is -3.00. The number of hydrogen-bond donors (Lipinski definition) is 4. The van der Waals surface area contributed by atoms with Gasteiger partial charge >= 0.3 is 0 Å². The summed E-state index contributed by atoms with van der Waals surface area (Å²) in [5.41, 5.74) is -0.491. The third-order valence-electron chi connectivity index (χ3n) is 4.67. The lowest BCUT2D eigenvalue weighted by Gasteiger charge is -2.09. The molecule has 3 aromatic rings. The van der Waals surface area contributed by atoms with Crippen molar-refractivity contribution in [2.45, 2.75) is 14.7 Å². The van der Waals surface area contributed by atoms with E-state index >= 15 is 0 Å². The van der Waals surface area contributed by atoms with E-state index < -0.39 is 72.9 Å². The molecule has 0 atom stereocenters. The molecule has 0 fully saturated rings. The van der Waals surface area contributed by atoms with Gasteiger partial charge in [-0.2, -0.15) is 30.4 Å². The van der Waals surface area contributed by atoms with Crippen LogP contribution in [0, 0.1) is 0 Å². The fraction of sp³-hybridized carbons (Fsp3) is 0.111. The fourth-order valence-electron chi connectivity index (χ4n) is 2.95. The lowest BCUT2D eigenvalue weighted by atomic mass is 10.1. The molecule has 0 radical (unpaired) electrons. The standard InChI is InChI=1S/C18H16N2O12S4/c21-18-16(36(30,31)32)10-11-9-14(35(27,28)29)5-6-15(11)17(18)20-19-12-1-3-13(4-2-12)33(22,23)7-8-34(24,25)26/h1-6,9-10,21H,7-8H2,(H,24,25,26)(H,27,28,29)(H,30,31,32). The highest BCUT2D eigenvalue weighted by molar-refractivity contribution is 7.93. The molecule has 0 heterocycles. The second-order valence-corrected chi connectivity index (χ2v) is 13.7. The summed E-state index contributed by atoms with van der Waals surface area (Å²) in [5.74, 6) is -2.90. The van der Waals surface area contributed by atoms with E-state index in [9.17, 15) is 47.9 Å². The third-order valence-corrected chi connectivity index (χ3v) is 9.10. The first-order chi connectivity index (χ1) is 16.4. The van der Waals surface area contributed by atoms with E-state index in [1.165, 1.54) is 0 Å². The van der Waals surface area contributed by atoms with Crippen LogP contribution in [-0.4, -0.2) is 63.9 Å². The molecule has 36 heavy (non-hydrogen) atoms. The molecule has 18 heteroatoms. The summed E-state index contributed by atoms with van der Waals surface area (Å²) in [7, 11) is -18.3. The second kappa shape index (κ2) is 9.47. The van der Waals surface area contributed by atoms with Gasteiger partial charge in [0, 0.05) is 5.39 Å². The maximum atomic E-state index is 12.2. The van der Waals surface area contributed by atoms with Crippen molar-refractivity contribution >= 4 is 62.3 Å². The van der Waals surface area contributed by atoms with E-state index in [2.05, 4.69) is 10.2 Å². The van der Waals surface area contributed by atoms with Crippen LogP contribution >= 0.6 is 0 Å². The van der Waals surface area contributed by atoms with Gasteiger partial charge in [-0.1, -0.05) is 6.07 Å². The van der Waals surface area contributed by atoms with Gasteiger partial charge in [0.15, 0.2) is 15.6 Å². The smallest absolute Gasteiger partial charge is 0.298 e. The molecule has 3 rings (SSSR count). The van der Waals surface area contributed by atoms with Gasteiger partial charge < -0.3 is 5.11 Å². The molecule has 0 saturated carbocycles. The Balaban J connectivity index is 2.07. The van der Waals surface area contributed by atoms with Crippen LogP contribution in [0.3, 0.4) is 0 Å². The van der Waals surface area contributed by atoms with Crippen molar-refractivity contribution < 1.29 is 52.4 Å². The SMILES string of the molecule is O=S(=O)(O)CCS(=O)(=O)c1ccc(N=Nc2c(O)c(S(=O)(=O)O)cc3cc(S(=O)(=O)O)ccc23)cc1. The highest BCUT2D eigenvalue weighted by atomic mass is 32.2. The van der Waals surface area contributed by atoms with Crippen molar-refractivity contribution in [1.82, 2.24) is 0 Å². The molecular weight excluding hydrogens is 564 g/mol. The topological polar surface area (TPSA) is 242 Å². The van der Waals surface area contributed by atoms with Crippen molar-refractivity contribution in [2.24, 2.45) is 10.2 Å². The van der Waals surface area contributed by atoms with Gasteiger partial charge in [0.05, 0.1) is 27.0 Å². The Morgan fingerprint density at radius 3 is 1.78 bits per heavy atom. The fourth-order valence-corrected chi connectivity index (χ4v) is 6.59. The van der Waals surface area contributed by atoms with Crippen LogP contribution in [0.25, 0.3) is 10.8 Å². The average Bonchev–Trinajstić information content (AvgIpc) is 2.75. The molecule has 0 amide bonds. The summed E-state index contributed by atoms with van der Waals surface area (Å²) < 4.78 is 120. The number of sulfone groups is 1. The number of rotatable bonds is 8. The molecule has 0 aliphatic carbocycles. The minimum Gasteiger partial charge on any atom is -0.504 e. The minimum absolute atomic E-state index is 0.00287. The largest absolute Gasteiger partial charge is 0.504 e. The zero-order valence-electron chi connectivity index (χ0n) is 17.6. The Morgan fingerprint density at radius 1 is 0.667 bits per heavy atom. The molecule has 3 aromatic carbocycles. The lowest BCUT2D eigenvalue weighted by molar-refractivity contribution is 0.445. The van der Waals surface area contributed by atoms with Crippen LogP contribution in [0.15, 0.2) is 73.4 Å². The van der Waals surface area contributed by atoms with Gasteiger partial charge in [-0.25, -0.2) is 8.42 Å². The predicted octanol–water partition coefficient (Wildman–Crippen LogP) is 2.12. The number of benzene rings is 3. The quantitative estimate of drug-likeness (QED) is 0.221. The summed E-state index contributed by atoms with van der Waals surface area (Å²) in [5, 5.41) is 17.8. The molecule has 0 spiro atoms. The molecule has 0 aliphatic rings. The summed E-state index contributed by atoms with van der Waals surface area (Å²) in [6.45, 7) is 0. The maximum Gasteiger partial charge on any atom is 0.298 e. The van der Waals surface area contributed by atoms with E-state index in [0.29, 0.717) is 0 Å². The number of azo groups is 1. The monoisotopic (exact) mass is 580 g/mol. The van der Waals surface area contributed by atoms with Gasteiger partial charge in [-0.3, -0.25) is 13.7 Å². The molecule has 14 nitrogen and oxygen atoms in total. The van der Waals surface area contributed by atoms with E-state index in [0.717, 1.165) is 48.5 Å². The van der Waals surface area contributed by atoms with Crippen LogP contribution in [0.4, 0.5) is 11.4 Å². The molecular formula is C18H16N2O12S4. The van der Waals surface area contributed by atoms with Gasteiger partial charge in [0.25, 0.3) is 30.4 Å². The Bertz CT molecular complexity index is 1810. The normalized spacial score (nSPS) is 13.4. The molecule has 194 valence electrons. The molecule has 0 unspecified atom stereocenters. The Labute approximate surface area is 205 Å². The first-order valence-corrected chi connectivity index (χ1v) is 15.5. The summed E-state index contributed by atoms with van der Waals surface area (Å²) in [4.78, 5) is -1.91. The predicted molar refractivity (Wildman–Crippen MR) is 124 cm³/mol. The van der Waals surface area contributed by atoms with Gasteiger partial charge in [0.1, 0.15) is 10.6 Å². The number of phenolic OH excluding ortho intramolecular Hbond substituents is 1. The Morgan fingerprint density at radius 2 is 1.25 bits per heavy atom. The summed E-state index contributed by atoms with van der Waals surface area (Å²) in [6, 6.07) is 8.15. The van der Waals surface area contributed by atoms with E-state index in [1.807, 2.05) is 0 Å². The van der Waals surface area contributed by atoms with Crippen LogP contribution < -0.4 is 0 Å². The first kappa shape index (κ1) is 27.6. The van der Waals surface area contributed by atoms with Gasteiger partial charge in [0.2, 0.25) is 0 Å². The Kier molecular flexibility index (Phi) is 7.25. The summed E-state index contributed by atoms with van der Waals surface area (Å²) in [6.07, 6.45) is 0. The summed E-state index contributed by atoms with van der Waals surface area (Å²) >= 11 is 0. The van der Waals surface area contributed by atoms with E-state index in [1.54, 1.807) is 0 Å². The van der Waals surface area contributed by atoms with E-state index in [4.69, 9.17) is 4.55 Å². The minimum atomic E-state index is -5.01. The number of hydrogen-bond acceptors (Lipinski definition) is 11. The van der Waals surface area contributed by atoms with E-state index in [-0.39, 0.29) is 21.4 Å². The number of nitrogens with zero attached hydrogens (tertiary/aromatic N) is 2. The number of phenols is 1.